The van der Waals surface area contributed by atoms with Crippen molar-refractivity contribution >= 4 is 17.3 Å². The summed E-state index contributed by atoms with van der Waals surface area (Å²) < 4.78 is 1.74. The second kappa shape index (κ2) is 5.29. The van der Waals surface area contributed by atoms with Crippen LogP contribution in [-0.4, -0.2) is 32.2 Å². The van der Waals surface area contributed by atoms with Crippen LogP contribution in [0.1, 0.15) is 17.7 Å². The van der Waals surface area contributed by atoms with Gasteiger partial charge >= 0.3 is 0 Å². The quantitative estimate of drug-likeness (QED) is 0.775. The summed E-state index contributed by atoms with van der Waals surface area (Å²) >= 11 is 0. The third-order valence-corrected chi connectivity index (χ3v) is 4.05. The fraction of sp³-hybridized carbons (Fsp3) is 0.312. The van der Waals surface area contributed by atoms with Crippen molar-refractivity contribution in [3.8, 4) is 0 Å². The molecule has 0 amide bonds. The van der Waals surface area contributed by atoms with Crippen LogP contribution in [0.2, 0.25) is 0 Å². The summed E-state index contributed by atoms with van der Waals surface area (Å²) in [6.45, 7) is 2.81. The summed E-state index contributed by atoms with van der Waals surface area (Å²) in [5.74, 6) is 1.56. The van der Waals surface area contributed by atoms with E-state index in [0.29, 0.717) is 11.8 Å². The van der Waals surface area contributed by atoms with Gasteiger partial charge in [0.05, 0.1) is 0 Å². The lowest BCUT2D eigenvalue weighted by Gasteiger charge is -2.27. The van der Waals surface area contributed by atoms with Gasteiger partial charge in [-0.1, -0.05) is 18.2 Å². The van der Waals surface area contributed by atoms with Gasteiger partial charge in [-0.25, -0.2) is 4.98 Å². The van der Waals surface area contributed by atoms with Gasteiger partial charge in [-0.3, -0.25) is 0 Å². The number of hydrogen-bond acceptors (Lipinski definition) is 5. The van der Waals surface area contributed by atoms with E-state index in [0.717, 1.165) is 30.9 Å². The van der Waals surface area contributed by atoms with E-state index in [4.69, 9.17) is 0 Å². The first-order valence-corrected chi connectivity index (χ1v) is 7.55. The van der Waals surface area contributed by atoms with E-state index >= 15 is 0 Å². The molecule has 0 bridgehead atoms. The average molecular weight is 294 g/mol. The van der Waals surface area contributed by atoms with Crippen LogP contribution < -0.4 is 10.6 Å². The second-order valence-corrected chi connectivity index (χ2v) is 5.67. The number of nitrogens with one attached hydrogen (secondary N) is 2. The first-order chi connectivity index (χ1) is 10.8. The number of benzene rings is 1. The van der Waals surface area contributed by atoms with E-state index in [1.807, 2.05) is 13.0 Å². The molecule has 1 aliphatic rings. The van der Waals surface area contributed by atoms with Crippen molar-refractivity contribution in [2.75, 3.05) is 17.2 Å². The lowest BCUT2D eigenvalue weighted by Crippen LogP contribution is -2.32. The minimum Gasteiger partial charge on any atom is -0.380 e. The SMILES string of the molecule is Cc1cc(NC[C@H]2CCc3ccccc3N2)n2ncnc2n1. The van der Waals surface area contributed by atoms with Crippen LogP contribution in [0.15, 0.2) is 36.7 Å². The number of rotatable bonds is 3. The van der Waals surface area contributed by atoms with Crippen LogP contribution in [0.5, 0.6) is 0 Å². The molecule has 0 spiro atoms. The van der Waals surface area contributed by atoms with Crippen LogP contribution in [-0.2, 0) is 6.42 Å². The Kier molecular flexibility index (Phi) is 3.14. The van der Waals surface area contributed by atoms with Gasteiger partial charge in [0.2, 0.25) is 0 Å². The minimum absolute atomic E-state index is 0.405. The molecule has 0 saturated heterocycles. The van der Waals surface area contributed by atoms with Crippen LogP contribution in [0, 0.1) is 6.92 Å². The highest BCUT2D eigenvalue weighted by Crippen LogP contribution is 2.24. The molecule has 0 aliphatic carbocycles. The van der Waals surface area contributed by atoms with E-state index in [1.54, 1.807) is 4.52 Å². The molecule has 2 N–H and O–H groups in total. The molecule has 0 fully saturated rings. The number of aryl methyl sites for hydroxylation is 2. The van der Waals surface area contributed by atoms with Crippen molar-refractivity contribution in [2.45, 2.75) is 25.8 Å². The molecular weight excluding hydrogens is 276 g/mol. The Hall–Kier alpha value is -2.63. The van der Waals surface area contributed by atoms with Gasteiger partial charge in [-0.2, -0.15) is 14.6 Å². The third-order valence-electron chi connectivity index (χ3n) is 4.05. The molecule has 4 rings (SSSR count). The summed E-state index contributed by atoms with van der Waals surface area (Å²) in [4.78, 5) is 8.50. The van der Waals surface area contributed by atoms with Crippen molar-refractivity contribution in [1.29, 1.82) is 0 Å². The molecule has 22 heavy (non-hydrogen) atoms. The average Bonchev–Trinajstić information content (AvgIpc) is 3.00. The minimum atomic E-state index is 0.405. The monoisotopic (exact) mass is 294 g/mol. The molecule has 3 heterocycles. The fourth-order valence-corrected chi connectivity index (χ4v) is 2.94. The summed E-state index contributed by atoms with van der Waals surface area (Å²) in [6.07, 6.45) is 3.76. The zero-order chi connectivity index (χ0) is 14.9. The van der Waals surface area contributed by atoms with Crippen molar-refractivity contribution < 1.29 is 0 Å². The summed E-state index contributed by atoms with van der Waals surface area (Å²) in [7, 11) is 0. The largest absolute Gasteiger partial charge is 0.380 e. The van der Waals surface area contributed by atoms with Crippen LogP contribution in [0.3, 0.4) is 0 Å². The third kappa shape index (κ3) is 2.36. The maximum absolute atomic E-state index is 4.35. The molecule has 6 nitrogen and oxygen atoms in total. The zero-order valence-corrected chi connectivity index (χ0v) is 12.5. The second-order valence-electron chi connectivity index (χ2n) is 5.67. The highest BCUT2D eigenvalue weighted by atomic mass is 15.4. The number of anilines is 2. The number of para-hydroxylation sites is 1. The van der Waals surface area contributed by atoms with Gasteiger partial charge in [0, 0.05) is 30.0 Å². The molecule has 0 unspecified atom stereocenters. The van der Waals surface area contributed by atoms with Gasteiger partial charge in [-0.05, 0) is 31.4 Å². The highest BCUT2D eigenvalue weighted by Gasteiger charge is 2.17. The summed E-state index contributed by atoms with van der Waals surface area (Å²) in [6, 6.07) is 10.9. The Labute approximate surface area is 128 Å². The lowest BCUT2D eigenvalue weighted by molar-refractivity contribution is 0.652. The Morgan fingerprint density at radius 3 is 3.23 bits per heavy atom. The molecule has 1 aromatic carbocycles. The number of fused-ring (bicyclic) bond motifs is 2. The predicted molar refractivity (Wildman–Crippen MR) is 86.2 cm³/mol. The molecule has 3 aromatic rings. The smallest absolute Gasteiger partial charge is 0.254 e. The Morgan fingerprint density at radius 1 is 1.36 bits per heavy atom. The molecule has 1 atom stereocenters. The first kappa shape index (κ1) is 13.1. The lowest BCUT2D eigenvalue weighted by atomic mass is 9.98. The molecule has 6 heteroatoms. The molecule has 2 aromatic heterocycles. The zero-order valence-electron chi connectivity index (χ0n) is 12.5. The van der Waals surface area contributed by atoms with Crippen molar-refractivity contribution in [3.63, 3.8) is 0 Å². The highest BCUT2D eigenvalue weighted by molar-refractivity contribution is 5.54. The van der Waals surface area contributed by atoms with Crippen LogP contribution >= 0.6 is 0 Å². The Bertz CT molecular complexity index is 809. The maximum atomic E-state index is 4.35. The summed E-state index contributed by atoms with van der Waals surface area (Å²) in [5, 5.41) is 11.3. The molecule has 0 saturated carbocycles. The van der Waals surface area contributed by atoms with Crippen LogP contribution in [0.4, 0.5) is 11.5 Å². The Morgan fingerprint density at radius 2 is 2.27 bits per heavy atom. The molecular formula is C16H18N6. The number of nitrogens with zero attached hydrogens (tertiary/aromatic N) is 4. The number of hydrogen-bond donors (Lipinski definition) is 2. The van der Waals surface area contributed by atoms with Crippen molar-refractivity contribution in [2.24, 2.45) is 0 Å². The molecule has 1 aliphatic heterocycles. The standard InChI is InChI=1S/C16H18N6/c1-11-8-15(22-16(20-11)18-10-19-22)17-9-13-7-6-12-4-2-3-5-14(12)21-13/h2-5,8,10,13,17,21H,6-7,9H2,1H3/t13-/m1/s1. The van der Waals surface area contributed by atoms with Crippen molar-refractivity contribution in [3.05, 3.63) is 47.9 Å². The van der Waals surface area contributed by atoms with E-state index in [-0.39, 0.29) is 0 Å². The Balaban J connectivity index is 1.50. The maximum Gasteiger partial charge on any atom is 0.254 e. The van der Waals surface area contributed by atoms with Gasteiger partial charge in [0.15, 0.2) is 0 Å². The van der Waals surface area contributed by atoms with Gasteiger partial charge in [-0.15, -0.1) is 0 Å². The fourth-order valence-electron chi connectivity index (χ4n) is 2.94. The topological polar surface area (TPSA) is 67.1 Å². The molecule has 0 radical (unpaired) electrons. The van der Waals surface area contributed by atoms with Crippen molar-refractivity contribution in [1.82, 2.24) is 19.6 Å². The van der Waals surface area contributed by atoms with Crippen LogP contribution in [0.25, 0.3) is 5.78 Å². The molecule has 112 valence electrons. The van der Waals surface area contributed by atoms with E-state index in [1.165, 1.54) is 17.6 Å². The van der Waals surface area contributed by atoms with Gasteiger partial charge in [0.25, 0.3) is 5.78 Å². The predicted octanol–water partition coefficient (Wildman–Crippen LogP) is 2.27. The van der Waals surface area contributed by atoms with Gasteiger partial charge in [0.1, 0.15) is 12.1 Å². The van der Waals surface area contributed by atoms with E-state index in [9.17, 15) is 0 Å². The van der Waals surface area contributed by atoms with E-state index < -0.39 is 0 Å². The number of aromatic nitrogens is 4. The van der Waals surface area contributed by atoms with Gasteiger partial charge < -0.3 is 10.6 Å². The first-order valence-electron chi connectivity index (χ1n) is 7.55. The normalized spacial score (nSPS) is 17.0. The van der Waals surface area contributed by atoms with E-state index in [2.05, 4.69) is 50.0 Å². The summed E-state index contributed by atoms with van der Waals surface area (Å²) in [5.41, 5.74) is 3.58.